The highest BCUT2D eigenvalue weighted by Gasteiger charge is 2.18. The van der Waals surface area contributed by atoms with Gasteiger partial charge >= 0.3 is 0 Å². The van der Waals surface area contributed by atoms with Gasteiger partial charge in [0.1, 0.15) is 5.69 Å². The number of Topliss-reactive ketones (excluding diaryl/α,β-unsaturated/α-hetero) is 1. The number of hydrogen-bond donors (Lipinski definition) is 1. The predicted molar refractivity (Wildman–Crippen MR) is 84.1 cm³/mol. The van der Waals surface area contributed by atoms with Crippen LogP contribution in [0.1, 0.15) is 17.4 Å². The Morgan fingerprint density at radius 3 is 2.52 bits per heavy atom. The van der Waals surface area contributed by atoms with E-state index < -0.39 is 15.5 Å². The largest absolute Gasteiger partial charge is 0.614 e. The lowest BCUT2D eigenvalue weighted by molar-refractivity contribution is -0.619. The van der Waals surface area contributed by atoms with E-state index >= 15 is 0 Å². The first-order chi connectivity index (χ1) is 11.0. The molecule has 120 valence electrons. The number of aromatic nitrogens is 3. The van der Waals surface area contributed by atoms with Crippen molar-refractivity contribution in [3.63, 3.8) is 0 Å². The summed E-state index contributed by atoms with van der Waals surface area (Å²) < 4.78 is 11.3. The van der Waals surface area contributed by atoms with Crippen molar-refractivity contribution in [1.82, 2.24) is 15.0 Å². The molecular weight excluding hydrogens is 340 g/mol. The number of pyridine rings is 1. The van der Waals surface area contributed by atoms with Gasteiger partial charge in [0.15, 0.2) is 16.6 Å². The second-order valence-corrected chi connectivity index (χ2v) is 6.65. The fourth-order valence-electron chi connectivity index (χ4n) is 1.49. The van der Waals surface area contributed by atoms with Gasteiger partial charge < -0.3 is 5.21 Å². The average Bonchev–Trinajstić information content (AvgIpc) is 2.59. The van der Waals surface area contributed by atoms with Crippen LogP contribution in [0.4, 0.5) is 5.69 Å². The third-order valence-electron chi connectivity index (χ3n) is 2.57. The summed E-state index contributed by atoms with van der Waals surface area (Å²) in [7, 11) is -2.04. The molecule has 0 saturated carbocycles. The zero-order valence-electron chi connectivity index (χ0n) is 12.0. The Labute approximate surface area is 138 Å². The van der Waals surface area contributed by atoms with Crippen LogP contribution in [0.2, 0.25) is 0 Å². The van der Waals surface area contributed by atoms with E-state index in [4.69, 9.17) is 0 Å². The molecule has 0 radical (unpaired) electrons. The summed E-state index contributed by atoms with van der Waals surface area (Å²) in [6.07, 6.45) is 3.95. The molecule has 0 amide bonds. The number of quaternary nitrogens is 1. The molecule has 23 heavy (non-hydrogen) atoms. The number of nitrogens with one attached hydrogen (secondary N) is 1. The first kappa shape index (κ1) is 17.3. The second kappa shape index (κ2) is 8.02. The third-order valence-corrected chi connectivity index (χ3v) is 4.50. The van der Waals surface area contributed by atoms with Crippen molar-refractivity contribution >= 4 is 39.3 Å². The minimum atomic E-state index is -2.04. The molecule has 2 heterocycles. The summed E-state index contributed by atoms with van der Waals surface area (Å²) in [5.41, 5.74) is 0.226. The van der Waals surface area contributed by atoms with Crippen molar-refractivity contribution in [3.8, 4) is 0 Å². The fraction of sp³-hybridized carbons (Fsp3) is 0.154. The van der Waals surface area contributed by atoms with Gasteiger partial charge in [0.2, 0.25) is 0 Å². The topological polar surface area (TPSA) is 117 Å². The average molecular weight is 352 g/mol. The van der Waals surface area contributed by atoms with E-state index in [1.165, 1.54) is 37.6 Å². The molecular formula is C13H12N4O4S2. The molecule has 2 unspecified atom stereocenters. The summed E-state index contributed by atoms with van der Waals surface area (Å²) in [5.74, 6) is -0.337. The molecule has 0 spiro atoms. The zero-order valence-corrected chi connectivity index (χ0v) is 13.6. The van der Waals surface area contributed by atoms with Gasteiger partial charge in [0.05, 0.1) is 11.9 Å². The van der Waals surface area contributed by atoms with E-state index in [0.717, 1.165) is 11.8 Å². The van der Waals surface area contributed by atoms with E-state index in [1.54, 1.807) is 6.07 Å². The lowest BCUT2D eigenvalue weighted by Crippen LogP contribution is -3.02. The van der Waals surface area contributed by atoms with Crippen LogP contribution >= 0.6 is 11.8 Å². The Kier molecular flexibility index (Phi) is 6.04. The van der Waals surface area contributed by atoms with Crippen LogP contribution in [0.3, 0.4) is 0 Å². The molecule has 2 rings (SSSR count). The Balaban J connectivity index is 2.08. The van der Waals surface area contributed by atoms with Crippen molar-refractivity contribution in [2.45, 2.75) is 12.1 Å². The summed E-state index contributed by atoms with van der Waals surface area (Å²) in [6, 6.07) is 4.27. The summed E-state index contributed by atoms with van der Waals surface area (Å²) >= 11 is 0.886. The molecule has 8 nitrogen and oxygen atoms in total. The van der Waals surface area contributed by atoms with E-state index in [-0.39, 0.29) is 33.2 Å². The molecule has 0 bridgehead atoms. The van der Waals surface area contributed by atoms with E-state index in [1.807, 2.05) is 0 Å². The molecule has 2 aromatic rings. The molecule has 0 aliphatic rings. The molecule has 0 aliphatic carbocycles. The molecule has 0 fully saturated rings. The molecule has 2 aromatic heterocycles. The van der Waals surface area contributed by atoms with Gasteiger partial charge in [0.25, 0.3) is 16.1 Å². The Morgan fingerprint density at radius 1 is 1.26 bits per heavy atom. The van der Waals surface area contributed by atoms with Crippen molar-refractivity contribution in [3.05, 3.63) is 47.7 Å². The molecule has 0 aliphatic heterocycles. The van der Waals surface area contributed by atoms with E-state index in [9.17, 15) is 19.0 Å². The van der Waals surface area contributed by atoms with Gasteiger partial charge in [-0.3, -0.25) is 9.59 Å². The zero-order chi connectivity index (χ0) is 16.8. The van der Waals surface area contributed by atoms with Crippen molar-refractivity contribution in [2.75, 3.05) is 5.75 Å². The second-order valence-electron chi connectivity index (χ2n) is 4.22. The molecule has 10 heteroatoms. The number of carbonyl (C=O) groups is 2. The lowest BCUT2D eigenvalue weighted by Gasteiger charge is -2.17. The minimum absolute atomic E-state index is 0.0145. The van der Waals surface area contributed by atoms with Crippen molar-refractivity contribution in [2.24, 2.45) is 0 Å². The van der Waals surface area contributed by atoms with E-state index in [0.29, 0.717) is 0 Å². The maximum atomic E-state index is 12.1. The summed E-state index contributed by atoms with van der Waals surface area (Å²) in [5, 5.41) is 11.8. The van der Waals surface area contributed by atoms with Gasteiger partial charge in [-0.1, -0.05) is 11.8 Å². The first-order valence-corrected chi connectivity index (χ1v) is 8.48. The molecule has 0 aromatic carbocycles. The number of nitrogens with zero attached hydrogens (tertiary/aromatic N) is 3. The Morgan fingerprint density at radius 2 is 1.96 bits per heavy atom. The van der Waals surface area contributed by atoms with Gasteiger partial charge in [-0.2, -0.15) is 4.21 Å². The Bertz CT molecular complexity index is 725. The summed E-state index contributed by atoms with van der Waals surface area (Å²) in [4.78, 5) is 34.0. The predicted octanol–water partition coefficient (Wildman–Crippen LogP) is 0.0710. The van der Waals surface area contributed by atoms with Crippen LogP contribution in [0.15, 0.2) is 41.9 Å². The molecule has 1 N–H and O–H groups in total. The highest BCUT2D eigenvalue weighted by Crippen LogP contribution is 2.08. The number of rotatable bonds is 6. The first-order valence-electron chi connectivity index (χ1n) is 6.35. The number of hydrogen-bond acceptors (Lipinski definition) is 8. The van der Waals surface area contributed by atoms with Crippen LogP contribution in [0.25, 0.3) is 0 Å². The van der Waals surface area contributed by atoms with Crippen LogP contribution in [0.5, 0.6) is 0 Å². The van der Waals surface area contributed by atoms with Crippen LogP contribution in [-0.2, 0) is 15.8 Å². The maximum absolute atomic E-state index is 12.1. The highest BCUT2D eigenvalue weighted by atomic mass is 32.2. The quantitative estimate of drug-likeness (QED) is 0.441. The monoisotopic (exact) mass is 352 g/mol. The smallest absolute Gasteiger partial charge is 0.282 e. The van der Waals surface area contributed by atoms with Crippen LogP contribution in [0, 0.1) is 5.21 Å². The van der Waals surface area contributed by atoms with Gasteiger partial charge in [0, 0.05) is 25.4 Å². The third kappa shape index (κ3) is 4.73. The number of thioether (sulfide) groups is 1. The lowest BCUT2D eigenvalue weighted by atomic mass is 10.2. The molecule has 0 saturated heterocycles. The standard InChI is InChI=1S/C13H12N4O4S2/c1-9(18)22-8-12(19)11-4-3-10(7-16-11)17(20)23(21)13-14-5-2-6-15-13/h2-7,17H,8H2,1H3. The van der Waals surface area contributed by atoms with Crippen LogP contribution in [-0.4, -0.2) is 35.8 Å². The van der Waals surface area contributed by atoms with Gasteiger partial charge in [-0.15, -0.1) is 0 Å². The van der Waals surface area contributed by atoms with E-state index in [2.05, 4.69) is 15.0 Å². The molecule has 2 atom stereocenters. The number of carbonyl (C=O) groups excluding carboxylic acids is 2. The van der Waals surface area contributed by atoms with Crippen molar-refractivity contribution in [1.29, 1.82) is 0 Å². The highest BCUT2D eigenvalue weighted by molar-refractivity contribution is 8.14. The maximum Gasteiger partial charge on any atom is 0.282 e. The van der Waals surface area contributed by atoms with Crippen LogP contribution < -0.4 is 4.47 Å². The van der Waals surface area contributed by atoms with Gasteiger partial charge in [-0.25, -0.2) is 19.4 Å². The SMILES string of the molecule is CC(=O)SCC(=O)c1ccc([NH+]([O-])S(=O)c2ncccn2)cn1. The normalized spacial score (nSPS) is 13.3. The Hall–Kier alpha value is -2.01. The minimum Gasteiger partial charge on any atom is -0.614 e. The number of ketones is 1. The van der Waals surface area contributed by atoms with Gasteiger partial charge in [-0.05, 0) is 12.1 Å². The van der Waals surface area contributed by atoms with Crippen molar-refractivity contribution < 1.29 is 18.3 Å². The summed E-state index contributed by atoms with van der Waals surface area (Å²) in [6.45, 7) is 1.37. The fourth-order valence-corrected chi connectivity index (χ4v) is 2.79.